The van der Waals surface area contributed by atoms with Crippen LogP contribution >= 0.6 is 11.5 Å². The predicted molar refractivity (Wildman–Crippen MR) is 65.0 cm³/mol. The van der Waals surface area contributed by atoms with E-state index < -0.39 is 12.0 Å². The molecule has 0 aliphatic heterocycles. The molecule has 0 aromatic carbocycles. The zero-order valence-electron chi connectivity index (χ0n) is 10.1. The van der Waals surface area contributed by atoms with E-state index in [0.29, 0.717) is 18.1 Å². The number of nitrogens with zero attached hydrogens (tertiary/aromatic N) is 4. The Morgan fingerprint density at radius 2 is 2.21 bits per heavy atom. The van der Waals surface area contributed by atoms with Crippen molar-refractivity contribution in [3.8, 4) is 0 Å². The number of hydrogen-bond donors (Lipinski definition) is 1. The van der Waals surface area contributed by atoms with Crippen molar-refractivity contribution in [2.75, 3.05) is 11.9 Å². The van der Waals surface area contributed by atoms with Crippen molar-refractivity contribution in [3.63, 3.8) is 0 Å². The molecule has 5 nitrogen and oxygen atoms in total. The van der Waals surface area contributed by atoms with Crippen molar-refractivity contribution in [2.45, 2.75) is 26.1 Å². The first kappa shape index (κ1) is 13.8. The van der Waals surface area contributed by atoms with Crippen LogP contribution in [0.3, 0.4) is 0 Å². The van der Waals surface area contributed by atoms with Gasteiger partial charge in [-0.15, -0.1) is 0 Å². The molecule has 0 bridgehead atoms. The van der Waals surface area contributed by atoms with Gasteiger partial charge < -0.3 is 9.88 Å². The van der Waals surface area contributed by atoms with E-state index in [4.69, 9.17) is 0 Å². The van der Waals surface area contributed by atoms with Gasteiger partial charge in [0, 0.05) is 37.0 Å². The number of imidazole rings is 1. The van der Waals surface area contributed by atoms with Crippen LogP contribution in [0.5, 0.6) is 0 Å². The molecule has 0 unspecified atom stereocenters. The molecular weight excluding hydrogens is 279 g/mol. The third kappa shape index (κ3) is 3.66. The van der Waals surface area contributed by atoms with Crippen molar-refractivity contribution in [1.29, 1.82) is 0 Å². The topological polar surface area (TPSA) is 55.6 Å². The number of anilines is 1. The minimum Gasteiger partial charge on any atom is -0.360 e. The van der Waals surface area contributed by atoms with Gasteiger partial charge in [-0.1, -0.05) is 0 Å². The van der Waals surface area contributed by atoms with Crippen molar-refractivity contribution in [3.05, 3.63) is 24.0 Å². The van der Waals surface area contributed by atoms with Gasteiger partial charge in [0.25, 0.3) is 0 Å². The molecule has 2 aromatic heterocycles. The molecule has 0 amide bonds. The Balaban J connectivity index is 1.77. The summed E-state index contributed by atoms with van der Waals surface area (Å²) in [6.45, 7) is 3.18. The second kappa shape index (κ2) is 5.55. The zero-order chi connectivity index (χ0) is 13.9. The van der Waals surface area contributed by atoms with E-state index in [-0.39, 0.29) is 5.13 Å². The quantitative estimate of drug-likeness (QED) is 0.860. The first-order chi connectivity index (χ1) is 8.97. The fourth-order valence-electron chi connectivity index (χ4n) is 1.50. The summed E-state index contributed by atoms with van der Waals surface area (Å²) in [5.74, 6) is -0.180. The molecular formula is C10H12F3N5S. The Morgan fingerprint density at radius 3 is 2.79 bits per heavy atom. The first-order valence-electron chi connectivity index (χ1n) is 5.59. The van der Waals surface area contributed by atoms with E-state index in [1.807, 2.05) is 17.7 Å². The van der Waals surface area contributed by atoms with Gasteiger partial charge in [-0.2, -0.15) is 22.5 Å². The number of rotatable bonds is 5. The van der Waals surface area contributed by atoms with Gasteiger partial charge in [0.15, 0.2) is 0 Å². The van der Waals surface area contributed by atoms with Crippen LogP contribution in [0.2, 0.25) is 0 Å². The van der Waals surface area contributed by atoms with Crippen LogP contribution in [0.1, 0.15) is 18.1 Å². The normalized spacial score (nSPS) is 11.8. The number of halogens is 3. The van der Waals surface area contributed by atoms with Gasteiger partial charge in [-0.3, -0.25) is 0 Å². The van der Waals surface area contributed by atoms with Gasteiger partial charge in [-0.05, 0) is 13.3 Å². The van der Waals surface area contributed by atoms with Crippen LogP contribution in [-0.2, 0) is 12.7 Å². The van der Waals surface area contributed by atoms with E-state index in [9.17, 15) is 13.2 Å². The monoisotopic (exact) mass is 291 g/mol. The molecule has 2 aromatic rings. The standard InChI is InChI=1S/C10H12F3N5S/c1-7-14-4-6-18(7)5-2-3-15-9-16-8(17-19-9)10(11,12)13/h4,6H,2-3,5H2,1H3,(H,15,16,17). The Morgan fingerprint density at radius 1 is 1.42 bits per heavy atom. The highest BCUT2D eigenvalue weighted by Crippen LogP contribution is 2.28. The predicted octanol–water partition coefficient (Wildman–Crippen LogP) is 2.56. The minimum atomic E-state index is -4.48. The molecule has 0 radical (unpaired) electrons. The molecule has 0 fully saturated rings. The maximum absolute atomic E-state index is 12.3. The number of hydrogen-bond acceptors (Lipinski definition) is 5. The molecule has 2 rings (SSSR count). The maximum atomic E-state index is 12.3. The summed E-state index contributed by atoms with van der Waals surface area (Å²) in [6.07, 6.45) is -0.145. The second-order valence-electron chi connectivity index (χ2n) is 3.87. The molecule has 104 valence electrons. The van der Waals surface area contributed by atoms with Crippen LogP contribution in [0, 0.1) is 6.92 Å². The first-order valence-corrected chi connectivity index (χ1v) is 6.36. The lowest BCUT2D eigenvalue weighted by Gasteiger charge is -2.05. The van der Waals surface area contributed by atoms with Gasteiger partial charge in [0.2, 0.25) is 11.0 Å². The Kier molecular flexibility index (Phi) is 4.03. The Bertz CT molecular complexity index is 533. The van der Waals surface area contributed by atoms with E-state index in [1.165, 1.54) is 0 Å². The third-order valence-electron chi connectivity index (χ3n) is 2.46. The van der Waals surface area contributed by atoms with E-state index in [1.54, 1.807) is 6.20 Å². The SMILES string of the molecule is Cc1nccn1CCCNc1nc(C(F)(F)F)ns1. The summed E-state index contributed by atoms with van der Waals surface area (Å²) in [7, 11) is 0. The molecule has 2 heterocycles. The van der Waals surface area contributed by atoms with Crippen LogP contribution in [0.25, 0.3) is 0 Å². The lowest BCUT2D eigenvalue weighted by atomic mass is 10.4. The number of aromatic nitrogens is 4. The fourth-order valence-corrected chi connectivity index (χ4v) is 2.11. The number of alkyl halides is 3. The molecule has 19 heavy (non-hydrogen) atoms. The summed E-state index contributed by atoms with van der Waals surface area (Å²) in [5, 5.41) is 3.02. The summed E-state index contributed by atoms with van der Waals surface area (Å²) in [4.78, 5) is 7.47. The van der Waals surface area contributed by atoms with Crippen molar-refractivity contribution < 1.29 is 13.2 Å². The third-order valence-corrected chi connectivity index (χ3v) is 3.13. The number of aryl methyl sites for hydroxylation is 2. The summed E-state index contributed by atoms with van der Waals surface area (Å²) >= 11 is 0.716. The highest BCUT2D eigenvalue weighted by atomic mass is 32.1. The molecule has 0 aliphatic carbocycles. The second-order valence-corrected chi connectivity index (χ2v) is 4.62. The van der Waals surface area contributed by atoms with Gasteiger partial charge in [-0.25, -0.2) is 4.98 Å². The number of nitrogens with one attached hydrogen (secondary N) is 1. The highest BCUT2D eigenvalue weighted by molar-refractivity contribution is 7.09. The molecule has 9 heteroatoms. The Hall–Kier alpha value is -1.64. The largest absolute Gasteiger partial charge is 0.452 e. The molecule has 0 spiro atoms. The molecule has 0 saturated carbocycles. The summed E-state index contributed by atoms with van der Waals surface area (Å²) < 4.78 is 42.0. The van der Waals surface area contributed by atoms with Gasteiger partial charge >= 0.3 is 6.18 Å². The van der Waals surface area contributed by atoms with Crippen LogP contribution < -0.4 is 5.32 Å². The molecule has 1 N–H and O–H groups in total. The lowest BCUT2D eigenvalue weighted by Crippen LogP contribution is -2.09. The lowest BCUT2D eigenvalue weighted by molar-refractivity contribution is -0.144. The average Bonchev–Trinajstić information content (AvgIpc) is 2.93. The van der Waals surface area contributed by atoms with Gasteiger partial charge in [0.05, 0.1) is 0 Å². The van der Waals surface area contributed by atoms with E-state index >= 15 is 0 Å². The van der Waals surface area contributed by atoms with Crippen LogP contribution in [0.15, 0.2) is 12.4 Å². The van der Waals surface area contributed by atoms with Crippen molar-refractivity contribution in [2.24, 2.45) is 0 Å². The summed E-state index contributed by atoms with van der Waals surface area (Å²) in [5.41, 5.74) is 0. The van der Waals surface area contributed by atoms with E-state index in [2.05, 4.69) is 19.7 Å². The molecule has 0 saturated heterocycles. The average molecular weight is 291 g/mol. The van der Waals surface area contributed by atoms with Crippen molar-refractivity contribution >= 4 is 16.7 Å². The molecule has 0 aliphatic rings. The van der Waals surface area contributed by atoms with Crippen LogP contribution in [-0.4, -0.2) is 25.5 Å². The van der Waals surface area contributed by atoms with Crippen LogP contribution in [0.4, 0.5) is 18.3 Å². The smallest absolute Gasteiger partial charge is 0.360 e. The highest BCUT2D eigenvalue weighted by Gasteiger charge is 2.36. The summed E-state index contributed by atoms with van der Waals surface area (Å²) in [6, 6.07) is 0. The fraction of sp³-hybridized carbons (Fsp3) is 0.500. The molecule has 0 atom stereocenters. The van der Waals surface area contributed by atoms with E-state index in [0.717, 1.165) is 18.8 Å². The maximum Gasteiger partial charge on any atom is 0.452 e. The Labute approximate surface area is 111 Å². The van der Waals surface area contributed by atoms with Gasteiger partial charge in [0.1, 0.15) is 5.82 Å². The minimum absolute atomic E-state index is 0.190. The van der Waals surface area contributed by atoms with Crippen molar-refractivity contribution in [1.82, 2.24) is 18.9 Å². The zero-order valence-corrected chi connectivity index (χ0v) is 10.9.